The molecule has 2 fully saturated rings. The van der Waals surface area contributed by atoms with E-state index in [9.17, 15) is 18.8 Å². The molecule has 3 rings (SSSR count). The number of piperazine rings is 1. The SMILES string of the molecule is O=C(CN1CCN(Cc2ccc(F)cc2)C(=O)C1=O)NCCCN1CCCC1. The third-order valence-corrected chi connectivity index (χ3v) is 5.19. The lowest BCUT2D eigenvalue weighted by atomic mass is 10.2. The van der Waals surface area contributed by atoms with Gasteiger partial charge in [0.1, 0.15) is 12.4 Å². The molecule has 7 nitrogen and oxygen atoms in total. The van der Waals surface area contributed by atoms with Gasteiger partial charge in [0.15, 0.2) is 0 Å². The predicted molar refractivity (Wildman–Crippen MR) is 102 cm³/mol. The molecular formula is C20H27FN4O3. The van der Waals surface area contributed by atoms with Crippen molar-refractivity contribution >= 4 is 17.7 Å². The van der Waals surface area contributed by atoms with E-state index in [-0.39, 0.29) is 24.8 Å². The highest BCUT2D eigenvalue weighted by atomic mass is 19.1. The summed E-state index contributed by atoms with van der Waals surface area (Å²) in [5.74, 6) is -1.88. The molecule has 8 heteroatoms. The minimum atomic E-state index is -0.666. The third kappa shape index (κ3) is 5.51. The van der Waals surface area contributed by atoms with Crippen molar-refractivity contribution in [1.82, 2.24) is 20.0 Å². The monoisotopic (exact) mass is 390 g/mol. The molecule has 28 heavy (non-hydrogen) atoms. The van der Waals surface area contributed by atoms with Crippen LogP contribution in [-0.2, 0) is 20.9 Å². The summed E-state index contributed by atoms with van der Waals surface area (Å²) >= 11 is 0. The summed E-state index contributed by atoms with van der Waals surface area (Å²) in [4.78, 5) is 41.8. The van der Waals surface area contributed by atoms with E-state index >= 15 is 0 Å². The average molecular weight is 390 g/mol. The molecule has 152 valence electrons. The fourth-order valence-electron chi connectivity index (χ4n) is 3.59. The fourth-order valence-corrected chi connectivity index (χ4v) is 3.59. The van der Waals surface area contributed by atoms with Gasteiger partial charge in [0.2, 0.25) is 5.91 Å². The van der Waals surface area contributed by atoms with E-state index in [1.54, 1.807) is 12.1 Å². The van der Waals surface area contributed by atoms with E-state index in [0.29, 0.717) is 19.6 Å². The van der Waals surface area contributed by atoms with Gasteiger partial charge in [0.25, 0.3) is 0 Å². The van der Waals surface area contributed by atoms with Crippen molar-refractivity contribution in [1.29, 1.82) is 0 Å². The first-order chi connectivity index (χ1) is 13.5. The molecule has 2 heterocycles. The van der Waals surface area contributed by atoms with Crippen LogP contribution in [0.3, 0.4) is 0 Å². The van der Waals surface area contributed by atoms with Gasteiger partial charge >= 0.3 is 11.8 Å². The molecule has 0 unspecified atom stereocenters. The number of rotatable bonds is 8. The number of carbonyl (C=O) groups excluding carboxylic acids is 3. The molecule has 1 aromatic rings. The molecule has 0 radical (unpaired) electrons. The Bertz CT molecular complexity index is 704. The van der Waals surface area contributed by atoms with Gasteiger partial charge in [-0.2, -0.15) is 0 Å². The van der Waals surface area contributed by atoms with Crippen LogP contribution in [0.2, 0.25) is 0 Å². The van der Waals surface area contributed by atoms with Crippen LogP contribution in [0.5, 0.6) is 0 Å². The second-order valence-electron chi connectivity index (χ2n) is 7.33. The number of nitrogens with one attached hydrogen (secondary N) is 1. The third-order valence-electron chi connectivity index (χ3n) is 5.19. The van der Waals surface area contributed by atoms with Crippen molar-refractivity contribution in [3.05, 3.63) is 35.6 Å². The van der Waals surface area contributed by atoms with E-state index in [0.717, 1.165) is 31.6 Å². The summed E-state index contributed by atoms with van der Waals surface area (Å²) in [6, 6.07) is 5.84. The molecule has 0 aliphatic carbocycles. The summed E-state index contributed by atoms with van der Waals surface area (Å²) in [7, 11) is 0. The molecule has 0 spiro atoms. The average Bonchev–Trinajstić information content (AvgIpc) is 3.20. The molecule has 0 saturated carbocycles. The normalized spacial score (nSPS) is 18.0. The topological polar surface area (TPSA) is 73.0 Å². The van der Waals surface area contributed by atoms with Crippen molar-refractivity contribution in [2.24, 2.45) is 0 Å². The predicted octanol–water partition coefficient (Wildman–Crippen LogP) is 0.599. The van der Waals surface area contributed by atoms with Crippen LogP contribution in [0.1, 0.15) is 24.8 Å². The molecule has 2 aliphatic rings. The Morgan fingerprint density at radius 3 is 2.32 bits per heavy atom. The molecule has 0 atom stereocenters. The maximum Gasteiger partial charge on any atom is 0.312 e. The van der Waals surface area contributed by atoms with E-state index in [2.05, 4.69) is 10.2 Å². The van der Waals surface area contributed by atoms with Gasteiger partial charge in [-0.05, 0) is 56.6 Å². The zero-order valence-electron chi connectivity index (χ0n) is 16.0. The molecule has 1 N–H and O–H groups in total. The zero-order chi connectivity index (χ0) is 19.9. The van der Waals surface area contributed by atoms with Crippen LogP contribution in [-0.4, -0.2) is 78.2 Å². The smallest absolute Gasteiger partial charge is 0.312 e. The summed E-state index contributed by atoms with van der Waals surface area (Å²) in [5.41, 5.74) is 0.756. The minimum absolute atomic E-state index is 0.0985. The second-order valence-corrected chi connectivity index (χ2v) is 7.33. The zero-order valence-corrected chi connectivity index (χ0v) is 16.0. The summed E-state index contributed by atoms with van der Waals surface area (Å²) < 4.78 is 13.0. The lowest BCUT2D eigenvalue weighted by Gasteiger charge is -2.33. The standard InChI is InChI=1S/C20H27FN4O3/c21-17-6-4-16(5-7-17)14-24-12-13-25(20(28)19(24)27)15-18(26)22-8-3-11-23-9-1-2-10-23/h4-7H,1-3,8-15H2,(H,22,26). The van der Waals surface area contributed by atoms with Gasteiger partial charge in [-0.15, -0.1) is 0 Å². The van der Waals surface area contributed by atoms with Gasteiger partial charge in [0.05, 0.1) is 0 Å². The number of nitrogens with zero attached hydrogens (tertiary/aromatic N) is 3. The van der Waals surface area contributed by atoms with Crippen molar-refractivity contribution < 1.29 is 18.8 Å². The first kappa shape index (κ1) is 20.3. The van der Waals surface area contributed by atoms with Gasteiger partial charge in [-0.3, -0.25) is 14.4 Å². The Kier molecular flexibility index (Phi) is 6.97. The van der Waals surface area contributed by atoms with Crippen LogP contribution >= 0.6 is 0 Å². The van der Waals surface area contributed by atoms with Crippen LogP contribution < -0.4 is 5.32 Å². The molecule has 0 aromatic heterocycles. The number of hydrogen-bond acceptors (Lipinski definition) is 4. The highest BCUT2D eigenvalue weighted by Crippen LogP contribution is 2.11. The molecule has 1 aromatic carbocycles. The number of carbonyl (C=O) groups is 3. The van der Waals surface area contributed by atoms with E-state index in [1.807, 2.05) is 0 Å². The first-order valence-corrected chi connectivity index (χ1v) is 9.84. The summed E-state index contributed by atoms with van der Waals surface area (Å²) in [5, 5.41) is 2.83. The number of amides is 3. The van der Waals surface area contributed by atoms with Gasteiger partial charge in [-0.25, -0.2) is 4.39 Å². The van der Waals surface area contributed by atoms with Gasteiger partial charge in [-0.1, -0.05) is 12.1 Å². The van der Waals surface area contributed by atoms with Crippen molar-refractivity contribution in [2.75, 3.05) is 45.8 Å². The highest BCUT2D eigenvalue weighted by molar-refractivity contribution is 6.35. The van der Waals surface area contributed by atoms with E-state index < -0.39 is 11.8 Å². The lowest BCUT2D eigenvalue weighted by Crippen LogP contribution is -2.56. The van der Waals surface area contributed by atoms with Crippen LogP contribution in [0, 0.1) is 5.82 Å². The Morgan fingerprint density at radius 1 is 0.964 bits per heavy atom. The number of hydrogen-bond donors (Lipinski definition) is 1. The van der Waals surface area contributed by atoms with Gasteiger partial charge in [0, 0.05) is 26.2 Å². The number of halogens is 1. The van der Waals surface area contributed by atoms with Crippen molar-refractivity contribution in [2.45, 2.75) is 25.8 Å². The maximum absolute atomic E-state index is 13.0. The summed E-state index contributed by atoms with van der Waals surface area (Å²) in [6.07, 6.45) is 3.37. The van der Waals surface area contributed by atoms with E-state index in [1.165, 1.54) is 34.8 Å². The molecule has 2 aliphatic heterocycles. The first-order valence-electron chi connectivity index (χ1n) is 9.84. The Morgan fingerprint density at radius 2 is 1.61 bits per heavy atom. The number of benzene rings is 1. The maximum atomic E-state index is 13.0. The van der Waals surface area contributed by atoms with Crippen LogP contribution in [0.15, 0.2) is 24.3 Å². The van der Waals surface area contributed by atoms with Crippen LogP contribution in [0.4, 0.5) is 4.39 Å². The Balaban J connectivity index is 1.39. The van der Waals surface area contributed by atoms with Crippen molar-refractivity contribution in [3.8, 4) is 0 Å². The second kappa shape index (κ2) is 9.64. The highest BCUT2D eigenvalue weighted by Gasteiger charge is 2.33. The van der Waals surface area contributed by atoms with Crippen LogP contribution in [0.25, 0.3) is 0 Å². The molecule has 3 amide bonds. The largest absolute Gasteiger partial charge is 0.355 e. The number of likely N-dealkylation sites (tertiary alicyclic amines) is 1. The van der Waals surface area contributed by atoms with Crippen molar-refractivity contribution in [3.63, 3.8) is 0 Å². The van der Waals surface area contributed by atoms with E-state index in [4.69, 9.17) is 0 Å². The Hall–Kier alpha value is -2.48. The molecule has 0 bridgehead atoms. The minimum Gasteiger partial charge on any atom is -0.355 e. The lowest BCUT2D eigenvalue weighted by molar-refractivity contribution is -0.157. The molecule has 2 saturated heterocycles. The quantitative estimate of drug-likeness (QED) is 0.521. The van der Waals surface area contributed by atoms with Gasteiger partial charge < -0.3 is 20.0 Å². The summed E-state index contributed by atoms with van der Waals surface area (Å²) in [6.45, 7) is 4.62. The molecular weight excluding hydrogens is 363 g/mol. The Labute approximate surface area is 164 Å². The fraction of sp³-hybridized carbons (Fsp3) is 0.550.